The molecule has 1 aliphatic rings. The van der Waals surface area contributed by atoms with E-state index in [0.717, 1.165) is 0 Å². The second kappa shape index (κ2) is 3.13. The van der Waals surface area contributed by atoms with E-state index in [1.54, 1.807) is 12.1 Å². The highest BCUT2D eigenvalue weighted by atomic mass is 32.2. The van der Waals surface area contributed by atoms with Crippen LogP contribution >= 0.6 is 0 Å². The minimum atomic E-state index is -3.55. The lowest BCUT2D eigenvalue weighted by Gasteiger charge is -2.21. The Morgan fingerprint density at radius 1 is 1.40 bits per heavy atom. The molecule has 1 aromatic carbocycles. The van der Waals surface area contributed by atoms with E-state index in [4.69, 9.17) is 5.73 Å². The SMILES string of the molecule is CN=C1Nc2ccc(N)cc2S(=O)(=O)N1. The summed E-state index contributed by atoms with van der Waals surface area (Å²) in [5.41, 5.74) is 6.40. The largest absolute Gasteiger partial charge is 0.399 e. The van der Waals surface area contributed by atoms with Crippen LogP contribution in [0, 0.1) is 0 Å². The number of rotatable bonds is 0. The topological polar surface area (TPSA) is 96.6 Å². The molecule has 7 heteroatoms. The molecule has 0 bridgehead atoms. The van der Waals surface area contributed by atoms with Gasteiger partial charge >= 0.3 is 0 Å². The Kier molecular flexibility index (Phi) is 2.04. The third-order valence-electron chi connectivity index (χ3n) is 2.00. The first-order valence-corrected chi connectivity index (χ1v) is 5.67. The van der Waals surface area contributed by atoms with Crippen molar-refractivity contribution >= 4 is 27.4 Å². The molecule has 0 radical (unpaired) electrons. The van der Waals surface area contributed by atoms with E-state index < -0.39 is 10.0 Å². The van der Waals surface area contributed by atoms with Crippen LogP contribution in [0.3, 0.4) is 0 Å². The number of nitrogens with zero attached hydrogens (tertiary/aromatic N) is 1. The first-order valence-electron chi connectivity index (χ1n) is 4.19. The quantitative estimate of drug-likeness (QED) is 0.541. The summed E-state index contributed by atoms with van der Waals surface area (Å²) in [4.78, 5) is 3.88. The van der Waals surface area contributed by atoms with Crippen molar-refractivity contribution in [1.82, 2.24) is 4.72 Å². The third-order valence-corrected chi connectivity index (χ3v) is 3.38. The summed E-state index contributed by atoms with van der Waals surface area (Å²) in [5, 5.41) is 2.83. The Labute approximate surface area is 87.3 Å². The van der Waals surface area contributed by atoms with Crippen molar-refractivity contribution < 1.29 is 8.42 Å². The molecule has 0 amide bonds. The fraction of sp³-hybridized carbons (Fsp3) is 0.125. The first kappa shape index (κ1) is 9.78. The van der Waals surface area contributed by atoms with Crippen molar-refractivity contribution in [2.75, 3.05) is 18.1 Å². The smallest absolute Gasteiger partial charge is 0.266 e. The number of fused-ring (bicyclic) bond motifs is 1. The van der Waals surface area contributed by atoms with Crippen molar-refractivity contribution in [3.63, 3.8) is 0 Å². The fourth-order valence-corrected chi connectivity index (χ4v) is 2.51. The van der Waals surface area contributed by atoms with E-state index in [9.17, 15) is 8.42 Å². The Morgan fingerprint density at radius 2 is 2.13 bits per heavy atom. The number of guanidine groups is 1. The Hall–Kier alpha value is -1.76. The molecule has 0 saturated heterocycles. The predicted octanol–water partition coefficient (Wildman–Crippen LogP) is -0.0416. The molecule has 0 saturated carbocycles. The summed E-state index contributed by atoms with van der Waals surface area (Å²) in [6, 6.07) is 4.63. The van der Waals surface area contributed by atoms with E-state index >= 15 is 0 Å². The van der Waals surface area contributed by atoms with E-state index in [0.29, 0.717) is 11.4 Å². The molecule has 0 aliphatic carbocycles. The van der Waals surface area contributed by atoms with E-state index in [2.05, 4.69) is 15.0 Å². The summed E-state index contributed by atoms with van der Waals surface area (Å²) >= 11 is 0. The van der Waals surface area contributed by atoms with Gasteiger partial charge in [0.05, 0.1) is 5.69 Å². The molecule has 6 nitrogen and oxygen atoms in total. The van der Waals surface area contributed by atoms with Crippen LogP contribution in [0.1, 0.15) is 0 Å². The minimum absolute atomic E-state index is 0.134. The molecule has 1 aliphatic heterocycles. The van der Waals surface area contributed by atoms with Gasteiger partial charge in [-0.1, -0.05) is 0 Å². The number of nitrogen functional groups attached to an aromatic ring is 1. The summed E-state index contributed by atoms with van der Waals surface area (Å²) in [6.07, 6.45) is 0. The predicted molar refractivity (Wildman–Crippen MR) is 58.2 cm³/mol. The van der Waals surface area contributed by atoms with E-state index in [-0.39, 0.29) is 10.9 Å². The van der Waals surface area contributed by atoms with Gasteiger partial charge in [0.2, 0.25) is 5.96 Å². The van der Waals surface area contributed by atoms with Crippen LogP contribution < -0.4 is 15.8 Å². The van der Waals surface area contributed by atoms with Crippen LogP contribution in [-0.4, -0.2) is 21.4 Å². The molecular weight excluding hydrogens is 216 g/mol. The molecule has 0 aromatic heterocycles. The van der Waals surface area contributed by atoms with Crippen molar-refractivity contribution in [3.8, 4) is 0 Å². The van der Waals surface area contributed by atoms with Crippen LogP contribution in [-0.2, 0) is 10.0 Å². The monoisotopic (exact) mass is 226 g/mol. The van der Waals surface area contributed by atoms with E-state index in [1.165, 1.54) is 13.1 Å². The molecular formula is C8H10N4O2S. The van der Waals surface area contributed by atoms with Gasteiger partial charge in [0, 0.05) is 12.7 Å². The lowest BCUT2D eigenvalue weighted by atomic mass is 10.3. The standard InChI is InChI=1S/C8H10N4O2S/c1-10-8-11-6-3-2-5(9)4-7(6)15(13,14)12-8/h2-4H,9H2,1H3,(H2,10,11,12). The van der Waals surface area contributed by atoms with Crippen LogP contribution in [0.2, 0.25) is 0 Å². The molecule has 0 fully saturated rings. The number of nitrogens with two attached hydrogens (primary N) is 1. The number of sulfonamides is 1. The van der Waals surface area contributed by atoms with Crippen LogP contribution in [0.5, 0.6) is 0 Å². The Morgan fingerprint density at radius 3 is 2.80 bits per heavy atom. The maximum Gasteiger partial charge on any atom is 0.266 e. The zero-order valence-corrected chi connectivity index (χ0v) is 8.80. The van der Waals surface area contributed by atoms with Gasteiger partial charge in [-0.3, -0.25) is 4.99 Å². The third kappa shape index (κ3) is 1.61. The van der Waals surface area contributed by atoms with Crippen LogP contribution in [0.4, 0.5) is 11.4 Å². The normalized spacial score (nSPS) is 20.2. The number of nitrogens with one attached hydrogen (secondary N) is 2. The van der Waals surface area contributed by atoms with Gasteiger partial charge in [-0.05, 0) is 18.2 Å². The van der Waals surface area contributed by atoms with Crippen molar-refractivity contribution in [3.05, 3.63) is 18.2 Å². The highest BCUT2D eigenvalue weighted by molar-refractivity contribution is 7.90. The molecule has 15 heavy (non-hydrogen) atoms. The zero-order valence-electron chi connectivity index (χ0n) is 7.98. The number of hydrogen-bond acceptors (Lipinski definition) is 4. The van der Waals surface area contributed by atoms with Gasteiger partial charge in [0.15, 0.2) is 0 Å². The molecule has 4 N–H and O–H groups in total. The molecule has 0 atom stereocenters. The summed E-state index contributed by atoms with van der Waals surface area (Å²) in [5.74, 6) is 0.201. The molecule has 0 unspecified atom stereocenters. The number of hydrogen-bond donors (Lipinski definition) is 3. The Bertz CT molecular complexity index is 536. The van der Waals surface area contributed by atoms with Gasteiger partial charge in [0.1, 0.15) is 4.90 Å². The maximum absolute atomic E-state index is 11.7. The zero-order chi connectivity index (χ0) is 11.1. The second-order valence-corrected chi connectivity index (χ2v) is 4.71. The number of benzene rings is 1. The average molecular weight is 226 g/mol. The van der Waals surface area contributed by atoms with Crippen LogP contribution in [0.15, 0.2) is 28.1 Å². The molecule has 1 heterocycles. The minimum Gasteiger partial charge on any atom is -0.399 e. The fourth-order valence-electron chi connectivity index (χ4n) is 1.30. The highest BCUT2D eigenvalue weighted by Crippen LogP contribution is 2.26. The van der Waals surface area contributed by atoms with Crippen molar-refractivity contribution in [2.45, 2.75) is 4.90 Å². The van der Waals surface area contributed by atoms with Gasteiger partial charge in [-0.25, -0.2) is 13.1 Å². The maximum atomic E-state index is 11.7. The average Bonchev–Trinajstić information content (AvgIpc) is 2.18. The Balaban J connectivity index is 2.66. The number of anilines is 2. The lowest BCUT2D eigenvalue weighted by molar-refractivity contribution is 0.592. The van der Waals surface area contributed by atoms with Crippen molar-refractivity contribution in [1.29, 1.82) is 0 Å². The molecule has 0 spiro atoms. The van der Waals surface area contributed by atoms with Gasteiger partial charge < -0.3 is 11.1 Å². The van der Waals surface area contributed by atoms with Gasteiger partial charge in [-0.15, -0.1) is 0 Å². The van der Waals surface area contributed by atoms with Crippen molar-refractivity contribution in [2.24, 2.45) is 4.99 Å². The summed E-state index contributed by atoms with van der Waals surface area (Å²) in [7, 11) is -2.06. The highest BCUT2D eigenvalue weighted by Gasteiger charge is 2.26. The lowest BCUT2D eigenvalue weighted by Crippen LogP contribution is -2.40. The summed E-state index contributed by atoms with van der Waals surface area (Å²) in [6.45, 7) is 0. The molecule has 1 aromatic rings. The number of aliphatic imine (C=N–C) groups is 1. The molecule has 80 valence electrons. The van der Waals surface area contributed by atoms with Gasteiger partial charge in [0.25, 0.3) is 10.0 Å². The van der Waals surface area contributed by atoms with E-state index in [1.807, 2.05) is 0 Å². The molecule has 2 rings (SSSR count). The van der Waals surface area contributed by atoms with Gasteiger partial charge in [-0.2, -0.15) is 0 Å². The summed E-state index contributed by atoms with van der Waals surface area (Å²) < 4.78 is 25.7. The van der Waals surface area contributed by atoms with Crippen LogP contribution in [0.25, 0.3) is 0 Å². The second-order valence-electron chi connectivity index (χ2n) is 3.06. The first-order chi connectivity index (χ1) is 7.03.